The van der Waals surface area contributed by atoms with Crippen molar-refractivity contribution in [3.63, 3.8) is 0 Å². The van der Waals surface area contributed by atoms with E-state index < -0.39 is 11.9 Å². The van der Waals surface area contributed by atoms with E-state index in [1.807, 2.05) is 0 Å². The van der Waals surface area contributed by atoms with Crippen molar-refractivity contribution in [3.05, 3.63) is 6.42 Å². The van der Waals surface area contributed by atoms with E-state index >= 15 is 0 Å². The molecule has 1 saturated heterocycles. The van der Waals surface area contributed by atoms with Crippen LogP contribution >= 0.6 is 0 Å². The van der Waals surface area contributed by atoms with Gasteiger partial charge in [-0.15, -0.1) is 0 Å². The van der Waals surface area contributed by atoms with Gasteiger partial charge in [0.25, 0.3) is 0 Å². The van der Waals surface area contributed by atoms with Gasteiger partial charge < -0.3 is 16.4 Å². The highest BCUT2D eigenvalue weighted by atomic mass is 16.2. The first kappa shape index (κ1) is 10.4. The minimum absolute atomic E-state index is 0.0574. The van der Waals surface area contributed by atoms with E-state index in [1.165, 1.54) is 0 Å². The number of primary amides is 1. The highest BCUT2D eigenvalue weighted by molar-refractivity contribution is 5.90. The van der Waals surface area contributed by atoms with E-state index in [1.54, 1.807) is 11.3 Å². The zero-order chi connectivity index (χ0) is 11.0. The van der Waals surface area contributed by atoms with Crippen LogP contribution < -0.4 is 11.5 Å². The molecule has 0 aromatic heterocycles. The van der Waals surface area contributed by atoms with Crippen molar-refractivity contribution in [1.82, 2.24) is 4.90 Å². The predicted molar refractivity (Wildman–Crippen MR) is 54.3 cm³/mol. The first-order valence-electron chi connectivity index (χ1n) is 5.30. The smallest absolute Gasteiger partial charge is 0.240 e. The molecule has 0 aromatic rings. The summed E-state index contributed by atoms with van der Waals surface area (Å²) in [6.45, 7) is 0.542. The summed E-state index contributed by atoms with van der Waals surface area (Å²) in [5, 5.41) is 0. The molecule has 2 fully saturated rings. The molecule has 1 radical (unpaired) electrons. The van der Waals surface area contributed by atoms with Crippen LogP contribution in [0.4, 0.5) is 0 Å². The molecule has 4 N–H and O–H groups in total. The summed E-state index contributed by atoms with van der Waals surface area (Å²) in [5.74, 6) is -0.310. The van der Waals surface area contributed by atoms with E-state index in [4.69, 9.17) is 11.5 Å². The Labute approximate surface area is 88.8 Å². The van der Waals surface area contributed by atoms with Gasteiger partial charge in [0.1, 0.15) is 6.04 Å². The molecular weight excluding hydrogens is 194 g/mol. The monoisotopic (exact) mass is 210 g/mol. The van der Waals surface area contributed by atoms with E-state index in [0.717, 1.165) is 12.8 Å². The number of rotatable bonds is 2. The topological polar surface area (TPSA) is 89.4 Å². The van der Waals surface area contributed by atoms with Crippen LogP contribution in [0.25, 0.3) is 0 Å². The van der Waals surface area contributed by atoms with Gasteiger partial charge in [-0.2, -0.15) is 0 Å². The Hall–Kier alpha value is -1.10. The van der Waals surface area contributed by atoms with Crippen LogP contribution in [0.5, 0.6) is 0 Å². The van der Waals surface area contributed by atoms with Crippen molar-refractivity contribution < 1.29 is 9.59 Å². The average Bonchev–Trinajstić information content (AvgIpc) is 2.99. The van der Waals surface area contributed by atoms with Crippen LogP contribution in [0.15, 0.2) is 0 Å². The molecule has 0 aromatic carbocycles. The molecule has 0 bridgehead atoms. The maximum absolute atomic E-state index is 11.8. The van der Waals surface area contributed by atoms with Crippen molar-refractivity contribution in [1.29, 1.82) is 0 Å². The zero-order valence-corrected chi connectivity index (χ0v) is 8.56. The molecular formula is C10H16N3O2. The fourth-order valence-electron chi connectivity index (χ4n) is 1.92. The maximum Gasteiger partial charge on any atom is 0.240 e. The summed E-state index contributed by atoms with van der Waals surface area (Å²) < 4.78 is 0. The molecule has 5 nitrogen and oxygen atoms in total. The third-order valence-electron chi connectivity index (χ3n) is 2.97. The Morgan fingerprint density at radius 3 is 2.47 bits per heavy atom. The van der Waals surface area contributed by atoms with Gasteiger partial charge in [-0.25, -0.2) is 0 Å². The molecule has 2 rings (SSSR count). The molecule has 15 heavy (non-hydrogen) atoms. The number of amides is 2. The fourth-order valence-corrected chi connectivity index (χ4v) is 1.92. The average molecular weight is 210 g/mol. The van der Waals surface area contributed by atoms with Gasteiger partial charge in [0.2, 0.25) is 11.8 Å². The van der Waals surface area contributed by atoms with Crippen LogP contribution in [0.2, 0.25) is 0 Å². The number of hydrogen-bond donors (Lipinski definition) is 2. The summed E-state index contributed by atoms with van der Waals surface area (Å²) in [7, 11) is 0. The second-order valence-electron chi connectivity index (χ2n) is 4.30. The lowest BCUT2D eigenvalue weighted by atomic mass is 9.97. The number of carbonyl (C=O) groups is 2. The highest BCUT2D eigenvalue weighted by Crippen LogP contribution is 2.32. The summed E-state index contributed by atoms with van der Waals surface area (Å²) >= 11 is 0. The number of nitrogens with two attached hydrogens (primary N) is 2. The van der Waals surface area contributed by atoms with Gasteiger partial charge in [0.05, 0.1) is 0 Å². The molecule has 1 aliphatic carbocycles. The lowest BCUT2D eigenvalue weighted by Gasteiger charge is -2.36. The Bertz CT molecular complexity index is 288. The largest absolute Gasteiger partial charge is 0.368 e. The van der Waals surface area contributed by atoms with E-state index in [2.05, 4.69) is 0 Å². The molecule has 5 heteroatoms. The minimum Gasteiger partial charge on any atom is -0.368 e. The number of likely N-dealkylation sites (tertiary alicyclic amines) is 1. The number of hydrogen-bond acceptors (Lipinski definition) is 3. The van der Waals surface area contributed by atoms with Gasteiger partial charge in [0, 0.05) is 24.9 Å². The third-order valence-corrected chi connectivity index (χ3v) is 2.97. The van der Waals surface area contributed by atoms with Crippen LogP contribution in [0.3, 0.4) is 0 Å². The van der Waals surface area contributed by atoms with Crippen molar-refractivity contribution in [2.75, 3.05) is 6.54 Å². The molecule has 1 heterocycles. The van der Waals surface area contributed by atoms with Gasteiger partial charge in [0.15, 0.2) is 0 Å². The van der Waals surface area contributed by atoms with Crippen molar-refractivity contribution in [2.45, 2.75) is 31.3 Å². The normalized spacial score (nSPS) is 31.4. The molecule has 2 unspecified atom stereocenters. The predicted octanol–water partition coefficient (Wildman–Crippen LogP) is -0.986. The van der Waals surface area contributed by atoms with Crippen molar-refractivity contribution >= 4 is 11.8 Å². The zero-order valence-electron chi connectivity index (χ0n) is 8.56. The second kappa shape index (κ2) is 3.81. The van der Waals surface area contributed by atoms with Gasteiger partial charge >= 0.3 is 0 Å². The first-order chi connectivity index (χ1) is 7.09. The third kappa shape index (κ3) is 2.12. The standard InChI is InChI=1S/C10H16N3O2/c11-7-3-4-13(8(5-7)9(12)14)10(15)6-1-2-6/h5-8H,1-4,11H2,(H2,12,14). The number of piperidine rings is 1. The molecule has 1 aliphatic heterocycles. The fraction of sp³-hybridized carbons (Fsp3) is 0.700. The minimum atomic E-state index is -0.609. The molecule has 2 amide bonds. The summed E-state index contributed by atoms with van der Waals surface area (Å²) in [6, 6.07) is -0.743. The summed E-state index contributed by atoms with van der Waals surface area (Å²) in [5.41, 5.74) is 11.0. The van der Waals surface area contributed by atoms with Crippen LogP contribution in [0.1, 0.15) is 19.3 Å². The molecule has 2 aliphatic rings. The van der Waals surface area contributed by atoms with Gasteiger partial charge in [-0.1, -0.05) is 0 Å². The lowest BCUT2D eigenvalue weighted by molar-refractivity contribution is -0.140. The Kier molecular flexibility index (Phi) is 2.65. The van der Waals surface area contributed by atoms with E-state index in [9.17, 15) is 9.59 Å². The van der Waals surface area contributed by atoms with Crippen LogP contribution in [0, 0.1) is 12.3 Å². The van der Waals surface area contributed by atoms with Gasteiger partial charge in [-0.05, 0) is 19.3 Å². The van der Waals surface area contributed by atoms with E-state index in [-0.39, 0.29) is 17.9 Å². The Morgan fingerprint density at radius 2 is 1.93 bits per heavy atom. The summed E-state index contributed by atoms with van der Waals surface area (Å²) in [6.07, 6.45) is 4.26. The maximum atomic E-state index is 11.8. The number of nitrogens with zero attached hydrogens (tertiary/aromatic N) is 1. The number of carbonyl (C=O) groups excluding carboxylic acids is 2. The first-order valence-corrected chi connectivity index (χ1v) is 5.30. The molecule has 1 saturated carbocycles. The Morgan fingerprint density at radius 1 is 1.27 bits per heavy atom. The van der Waals surface area contributed by atoms with Crippen LogP contribution in [-0.4, -0.2) is 35.3 Å². The lowest BCUT2D eigenvalue weighted by Crippen LogP contribution is -2.55. The summed E-state index contributed by atoms with van der Waals surface area (Å²) in [4.78, 5) is 24.6. The van der Waals surface area contributed by atoms with E-state index in [0.29, 0.717) is 13.0 Å². The second-order valence-corrected chi connectivity index (χ2v) is 4.30. The van der Waals surface area contributed by atoms with Crippen LogP contribution in [-0.2, 0) is 9.59 Å². The quantitative estimate of drug-likeness (QED) is 0.613. The highest BCUT2D eigenvalue weighted by Gasteiger charge is 2.40. The Balaban J connectivity index is 2.06. The van der Waals surface area contributed by atoms with Crippen molar-refractivity contribution in [3.8, 4) is 0 Å². The SMILES string of the molecule is NC(=O)C1[CH]C(N)CCN1C(=O)C1CC1. The molecule has 0 spiro atoms. The van der Waals surface area contributed by atoms with Crippen molar-refractivity contribution in [2.24, 2.45) is 17.4 Å². The molecule has 2 atom stereocenters. The molecule has 83 valence electrons. The van der Waals surface area contributed by atoms with Gasteiger partial charge in [-0.3, -0.25) is 9.59 Å².